The number of nitrogens with one attached hydrogen (secondary N) is 2. The molecule has 0 bridgehead atoms. The Morgan fingerprint density at radius 2 is 1.89 bits per heavy atom. The van der Waals surface area contributed by atoms with Crippen molar-refractivity contribution in [3.8, 4) is 11.5 Å². The molecule has 0 fully saturated rings. The average molecular weight is 388 g/mol. The van der Waals surface area contributed by atoms with Gasteiger partial charge in [0.25, 0.3) is 5.91 Å². The third-order valence-electron chi connectivity index (χ3n) is 4.03. The van der Waals surface area contributed by atoms with Crippen molar-refractivity contribution >= 4 is 11.8 Å². The van der Waals surface area contributed by atoms with Crippen LogP contribution in [0.2, 0.25) is 0 Å². The monoisotopic (exact) mass is 388 g/mol. The fraction of sp³-hybridized carbons (Fsp3) is 0.333. The number of aryl methyl sites for hydroxylation is 1. The maximum Gasteiger partial charge on any atom is 0.269 e. The molecular weight excluding hydrogens is 363 g/mol. The zero-order valence-electron chi connectivity index (χ0n) is 16.1. The van der Waals surface area contributed by atoms with Crippen LogP contribution in [0.1, 0.15) is 42.1 Å². The molecule has 0 aromatic heterocycles. The number of ether oxygens (including phenoxy) is 2. The Bertz CT molecular complexity index is 811. The molecule has 0 atom stereocenters. The molecule has 28 heavy (non-hydrogen) atoms. The van der Waals surface area contributed by atoms with Crippen LogP contribution >= 0.6 is 0 Å². The first-order valence-electron chi connectivity index (χ1n) is 9.18. The summed E-state index contributed by atoms with van der Waals surface area (Å²) in [6.45, 7) is 2.64. The minimum absolute atomic E-state index is 0.122. The lowest BCUT2D eigenvalue weighted by molar-refractivity contribution is -0.121. The molecule has 0 aliphatic rings. The molecular formula is C21H25FN2O4. The summed E-state index contributed by atoms with van der Waals surface area (Å²) in [5, 5.41) is 0. The Morgan fingerprint density at radius 3 is 2.61 bits per heavy atom. The van der Waals surface area contributed by atoms with Gasteiger partial charge in [0.15, 0.2) is 11.5 Å². The summed E-state index contributed by atoms with van der Waals surface area (Å²) < 4.78 is 24.0. The van der Waals surface area contributed by atoms with Crippen LogP contribution in [0.3, 0.4) is 0 Å². The number of hydrogen-bond acceptors (Lipinski definition) is 4. The van der Waals surface area contributed by atoms with Crippen molar-refractivity contribution < 1.29 is 23.5 Å². The average Bonchev–Trinajstić information content (AvgIpc) is 2.70. The van der Waals surface area contributed by atoms with Crippen LogP contribution in [0, 0.1) is 5.82 Å². The number of hydrazine groups is 1. The van der Waals surface area contributed by atoms with Crippen LogP contribution in [0.5, 0.6) is 11.5 Å². The fourth-order valence-corrected chi connectivity index (χ4v) is 2.47. The molecule has 7 heteroatoms. The Labute approximate surface area is 164 Å². The lowest BCUT2D eigenvalue weighted by atomic mass is 10.1. The van der Waals surface area contributed by atoms with Crippen LogP contribution in [0.25, 0.3) is 0 Å². The molecule has 0 saturated carbocycles. The second-order valence-electron chi connectivity index (χ2n) is 6.20. The first-order chi connectivity index (χ1) is 13.5. The Balaban J connectivity index is 1.85. The first kappa shape index (κ1) is 21.2. The SMILES string of the molecule is CCCCOc1ccc(C(=O)NNC(=O)CCc2cccc(F)c2)cc1OC. The highest BCUT2D eigenvalue weighted by molar-refractivity contribution is 5.96. The topological polar surface area (TPSA) is 76.7 Å². The molecule has 0 heterocycles. The highest BCUT2D eigenvalue weighted by Gasteiger charge is 2.12. The van der Waals surface area contributed by atoms with E-state index in [0.717, 1.165) is 12.8 Å². The molecule has 0 aliphatic heterocycles. The van der Waals surface area contributed by atoms with Crippen molar-refractivity contribution in [2.75, 3.05) is 13.7 Å². The summed E-state index contributed by atoms with van der Waals surface area (Å²) in [4.78, 5) is 24.1. The maximum atomic E-state index is 13.1. The van der Waals surface area contributed by atoms with Gasteiger partial charge in [0, 0.05) is 12.0 Å². The van der Waals surface area contributed by atoms with Crippen molar-refractivity contribution in [1.82, 2.24) is 10.9 Å². The molecule has 150 valence electrons. The molecule has 2 aromatic carbocycles. The summed E-state index contributed by atoms with van der Waals surface area (Å²) >= 11 is 0. The normalized spacial score (nSPS) is 10.2. The lowest BCUT2D eigenvalue weighted by Crippen LogP contribution is -2.41. The highest BCUT2D eigenvalue weighted by atomic mass is 19.1. The van der Waals surface area contributed by atoms with E-state index in [4.69, 9.17) is 9.47 Å². The molecule has 0 aliphatic carbocycles. The van der Waals surface area contributed by atoms with E-state index in [1.165, 1.54) is 19.2 Å². The molecule has 0 unspecified atom stereocenters. The highest BCUT2D eigenvalue weighted by Crippen LogP contribution is 2.28. The standard InChI is InChI=1S/C21H25FN2O4/c1-3-4-12-28-18-10-9-16(14-19(18)27-2)21(26)24-23-20(25)11-8-15-6-5-7-17(22)13-15/h5-7,9-10,13-14H,3-4,8,11-12H2,1-2H3,(H,23,25)(H,24,26). The van der Waals surface area contributed by atoms with Gasteiger partial charge in [0.05, 0.1) is 13.7 Å². The summed E-state index contributed by atoms with van der Waals surface area (Å²) in [6, 6.07) is 10.9. The summed E-state index contributed by atoms with van der Waals surface area (Å²) in [5.41, 5.74) is 5.75. The number of unbranched alkanes of at least 4 members (excludes halogenated alkanes) is 1. The van der Waals surface area contributed by atoms with E-state index in [0.29, 0.717) is 35.7 Å². The Kier molecular flexibility index (Phi) is 8.27. The predicted octanol–water partition coefficient (Wildman–Crippen LogP) is 3.41. The Hall–Kier alpha value is -3.09. The van der Waals surface area contributed by atoms with Crippen molar-refractivity contribution in [1.29, 1.82) is 0 Å². The zero-order chi connectivity index (χ0) is 20.4. The van der Waals surface area contributed by atoms with Crippen LogP contribution in [0.15, 0.2) is 42.5 Å². The molecule has 2 amide bonds. The molecule has 2 aromatic rings. The maximum absolute atomic E-state index is 13.1. The number of rotatable bonds is 9. The Morgan fingerprint density at radius 1 is 1.07 bits per heavy atom. The van der Waals surface area contributed by atoms with Gasteiger partial charge in [-0.1, -0.05) is 25.5 Å². The second-order valence-corrected chi connectivity index (χ2v) is 6.20. The van der Waals surface area contributed by atoms with Gasteiger partial charge in [-0.25, -0.2) is 4.39 Å². The fourth-order valence-electron chi connectivity index (χ4n) is 2.47. The second kappa shape index (κ2) is 10.9. The summed E-state index contributed by atoms with van der Waals surface area (Å²) in [5.74, 6) is -0.184. The summed E-state index contributed by atoms with van der Waals surface area (Å²) in [7, 11) is 1.50. The molecule has 0 spiro atoms. The van der Waals surface area contributed by atoms with Crippen molar-refractivity contribution in [2.45, 2.75) is 32.6 Å². The van der Waals surface area contributed by atoms with Gasteiger partial charge in [0.1, 0.15) is 5.82 Å². The van der Waals surface area contributed by atoms with E-state index in [1.807, 2.05) is 0 Å². The van der Waals surface area contributed by atoms with Crippen LogP contribution in [0.4, 0.5) is 4.39 Å². The van der Waals surface area contributed by atoms with Crippen molar-refractivity contribution in [3.05, 3.63) is 59.4 Å². The van der Waals surface area contributed by atoms with Gasteiger partial charge in [-0.15, -0.1) is 0 Å². The van der Waals surface area contributed by atoms with Crippen LogP contribution in [-0.4, -0.2) is 25.5 Å². The van der Waals surface area contributed by atoms with E-state index in [1.54, 1.807) is 30.3 Å². The number of methoxy groups -OCH3 is 1. The van der Waals surface area contributed by atoms with E-state index in [-0.39, 0.29) is 18.1 Å². The van der Waals surface area contributed by atoms with Gasteiger partial charge >= 0.3 is 0 Å². The lowest BCUT2D eigenvalue weighted by Gasteiger charge is -2.12. The van der Waals surface area contributed by atoms with Gasteiger partial charge in [-0.05, 0) is 48.7 Å². The minimum Gasteiger partial charge on any atom is -0.493 e. The number of benzene rings is 2. The molecule has 2 rings (SSSR count). The van der Waals surface area contributed by atoms with Crippen LogP contribution in [-0.2, 0) is 11.2 Å². The predicted molar refractivity (Wildman–Crippen MR) is 104 cm³/mol. The quantitative estimate of drug-likeness (QED) is 0.510. The largest absolute Gasteiger partial charge is 0.493 e. The van der Waals surface area contributed by atoms with E-state index >= 15 is 0 Å². The van der Waals surface area contributed by atoms with E-state index in [2.05, 4.69) is 17.8 Å². The van der Waals surface area contributed by atoms with Gasteiger partial charge < -0.3 is 9.47 Å². The van der Waals surface area contributed by atoms with Gasteiger partial charge in [-0.2, -0.15) is 0 Å². The molecule has 0 radical (unpaired) electrons. The van der Waals surface area contributed by atoms with Gasteiger partial charge in [0.2, 0.25) is 5.91 Å². The molecule has 6 nitrogen and oxygen atoms in total. The summed E-state index contributed by atoms with van der Waals surface area (Å²) in [6.07, 6.45) is 2.43. The van der Waals surface area contributed by atoms with E-state index in [9.17, 15) is 14.0 Å². The van der Waals surface area contributed by atoms with Gasteiger partial charge in [-0.3, -0.25) is 20.4 Å². The minimum atomic E-state index is -0.475. The number of amides is 2. The zero-order valence-corrected chi connectivity index (χ0v) is 16.1. The van der Waals surface area contributed by atoms with Crippen molar-refractivity contribution in [2.24, 2.45) is 0 Å². The van der Waals surface area contributed by atoms with Crippen molar-refractivity contribution in [3.63, 3.8) is 0 Å². The smallest absolute Gasteiger partial charge is 0.269 e. The number of carbonyl (C=O) groups excluding carboxylic acids is 2. The van der Waals surface area contributed by atoms with Crippen LogP contribution < -0.4 is 20.3 Å². The molecule has 2 N–H and O–H groups in total. The third-order valence-corrected chi connectivity index (χ3v) is 4.03. The molecule has 0 saturated heterocycles. The number of halogens is 1. The number of hydrogen-bond donors (Lipinski definition) is 2. The van der Waals surface area contributed by atoms with E-state index < -0.39 is 5.91 Å². The third kappa shape index (κ3) is 6.57. The number of carbonyl (C=O) groups is 2. The first-order valence-corrected chi connectivity index (χ1v) is 9.18.